The van der Waals surface area contributed by atoms with Crippen LogP contribution in [0.1, 0.15) is 25.0 Å². The van der Waals surface area contributed by atoms with Crippen molar-refractivity contribution in [2.24, 2.45) is 0 Å². The average molecular weight is 302 g/mol. The fourth-order valence-corrected chi connectivity index (χ4v) is 2.83. The van der Waals surface area contributed by atoms with Gasteiger partial charge < -0.3 is 4.55 Å². The Morgan fingerprint density at radius 1 is 1.05 bits per heavy atom. The second-order valence-electron chi connectivity index (χ2n) is 4.25. The van der Waals surface area contributed by atoms with Gasteiger partial charge in [-0.25, -0.2) is 8.42 Å². The van der Waals surface area contributed by atoms with Gasteiger partial charge in [-0.1, -0.05) is 32.0 Å². The van der Waals surface area contributed by atoms with Crippen LogP contribution in [0.25, 0.3) is 10.8 Å². The van der Waals surface area contributed by atoms with Crippen LogP contribution in [0.5, 0.6) is 0 Å². The minimum atomic E-state index is -4.38. The van der Waals surface area contributed by atoms with E-state index in [0.29, 0.717) is 0 Å². The number of benzene rings is 2. The molecule has 5 heteroatoms. The molecule has 2 aromatic carbocycles. The van der Waals surface area contributed by atoms with E-state index in [-0.39, 0.29) is 56.3 Å². The summed E-state index contributed by atoms with van der Waals surface area (Å²) in [4.78, 5) is -0.165. The fourth-order valence-electron chi connectivity index (χ4n) is 2.32. The maximum Gasteiger partial charge on any atom is 1.00 e. The minimum Gasteiger partial charge on any atom is -0.744 e. The van der Waals surface area contributed by atoms with Gasteiger partial charge in [0.1, 0.15) is 10.1 Å². The van der Waals surface area contributed by atoms with Crippen molar-refractivity contribution in [1.82, 2.24) is 0 Å². The molecule has 0 saturated carbocycles. The van der Waals surface area contributed by atoms with Gasteiger partial charge in [0.2, 0.25) is 0 Å². The van der Waals surface area contributed by atoms with Crippen molar-refractivity contribution in [3.63, 3.8) is 0 Å². The summed E-state index contributed by atoms with van der Waals surface area (Å²) in [6.07, 6.45) is 1.84. The molecule has 0 saturated heterocycles. The van der Waals surface area contributed by atoms with Gasteiger partial charge in [-0.05, 0) is 46.9 Å². The van der Waals surface area contributed by atoms with E-state index in [1.165, 1.54) is 23.3 Å². The van der Waals surface area contributed by atoms with E-state index in [1.807, 2.05) is 12.1 Å². The molecule has 0 aliphatic rings. The smallest absolute Gasteiger partial charge is 0.744 e. The summed E-state index contributed by atoms with van der Waals surface area (Å²) in [5.41, 5.74) is 2.49. The fraction of sp³-hybridized carbons (Fsp3) is 0.286. The first-order valence-corrected chi connectivity index (χ1v) is 7.38. The molecular weight excluding hydrogens is 287 g/mol. The molecule has 0 aromatic heterocycles. The maximum atomic E-state index is 11.0. The largest absolute Gasteiger partial charge is 1.00 e. The molecule has 2 aromatic rings. The van der Waals surface area contributed by atoms with Gasteiger partial charge in [0.15, 0.2) is 0 Å². The first kappa shape index (κ1) is 17.3. The Labute approximate surface area is 156 Å². The molecular formula is C14H15KO3S. The van der Waals surface area contributed by atoms with Crippen molar-refractivity contribution in [2.45, 2.75) is 31.6 Å². The molecule has 0 spiro atoms. The van der Waals surface area contributed by atoms with Crippen LogP contribution in [0.3, 0.4) is 0 Å². The zero-order chi connectivity index (χ0) is 13.3. The zero-order valence-electron chi connectivity index (χ0n) is 11.4. The third-order valence-electron chi connectivity index (χ3n) is 3.22. The van der Waals surface area contributed by atoms with E-state index in [1.54, 1.807) is 6.07 Å². The van der Waals surface area contributed by atoms with Crippen molar-refractivity contribution < 1.29 is 64.4 Å². The number of hydrogen-bond acceptors (Lipinski definition) is 3. The summed E-state index contributed by atoms with van der Waals surface area (Å²) in [5.74, 6) is 0. The maximum absolute atomic E-state index is 11.0. The van der Waals surface area contributed by atoms with Gasteiger partial charge in [0.25, 0.3) is 0 Å². The predicted molar refractivity (Wildman–Crippen MR) is 70.7 cm³/mol. The van der Waals surface area contributed by atoms with Crippen LogP contribution < -0.4 is 51.4 Å². The quantitative estimate of drug-likeness (QED) is 0.586. The van der Waals surface area contributed by atoms with Gasteiger partial charge in [-0.3, -0.25) is 0 Å². The molecule has 0 atom stereocenters. The van der Waals surface area contributed by atoms with Crippen LogP contribution in [0.15, 0.2) is 35.2 Å². The average Bonchev–Trinajstić information content (AvgIpc) is 2.35. The summed E-state index contributed by atoms with van der Waals surface area (Å²) in [7, 11) is -4.38. The summed E-state index contributed by atoms with van der Waals surface area (Å²) < 4.78 is 33.0. The number of aryl methyl sites for hydroxylation is 2. The van der Waals surface area contributed by atoms with E-state index >= 15 is 0 Å². The molecule has 0 aliphatic heterocycles. The van der Waals surface area contributed by atoms with Crippen molar-refractivity contribution in [3.8, 4) is 0 Å². The SMILES string of the molecule is CCc1ccc2cc(S(=O)(=O)[O-])ccc2c1CC.[K+]. The second kappa shape index (κ2) is 6.80. The topological polar surface area (TPSA) is 57.2 Å². The van der Waals surface area contributed by atoms with E-state index in [0.717, 1.165) is 23.6 Å². The predicted octanol–water partition coefficient (Wildman–Crippen LogP) is -0.127. The van der Waals surface area contributed by atoms with Crippen molar-refractivity contribution in [1.29, 1.82) is 0 Å². The molecule has 3 nitrogen and oxygen atoms in total. The molecule has 0 radical (unpaired) electrons. The zero-order valence-corrected chi connectivity index (χ0v) is 15.4. The van der Waals surface area contributed by atoms with Crippen molar-refractivity contribution in [3.05, 3.63) is 41.5 Å². The van der Waals surface area contributed by atoms with Gasteiger partial charge in [-0.2, -0.15) is 0 Å². The number of fused-ring (bicyclic) bond motifs is 1. The van der Waals surface area contributed by atoms with Crippen LogP contribution in [0.4, 0.5) is 0 Å². The standard InChI is InChI=1S/C14H16O3S.K/c1-3-10-5-6-11-9-12(18(15,16)17)7-8-14(11)13(10)4-2;/h5-9H,3-4H2,1-2H3,(H,15,16,17);/q;+1/p-1. The van der Waals surface area contributed by atoms with Gasteiger partial charge in [-0.15, -0.1) is 0 Å². The summed E-state index contributed by atoms with van der Waals surface area (Å²) >= 11 is 0. The molecule has 0 amide bonds. The first-order valence-electron chi connectivity index (χ1n) is 5.97. The molecule has 0 aliphatic carbocycles. The molecule has 0 unspecified atom stereocenters. The van der Waals surface area contributed by atoms with Crippen LogP contribution in [0, 0.1) is 0 Å². The Morgan fingerprint density at radius 2 is 1.74 bits per heavy atom. The Balaban J connectivity index is 0.00000180. The molecule has 19 heavy (non-hydrogen) atoms. The van der Waals surface area contributed by atoms with Crippen LogP contribution in [0.2, 0.25) is 0 Å². The molecule has 0 fully saturated rings. The van der Waals surface area contributed by atoms with Crippen LogP contribution in [-0.4, -0.2) is 13.0 Å². The number of hydrogen-bond donors (Lipinski definition) is 0. The third-order valence-corrected chi connectivity index (χ3v) is 4.05. The Hall–Kier alpha value is 0.246. The van der Waals surface area contributed by atoms with Crippen molar-refractivity contribution in [2.75, 3.05) is 0 Å². The van der Waals surface area contributed by atoms with Crippen molar-refractivity contribution >= 4 is 20.9 Å². The molecule has 0 N–H and O–H groups in total. The Morgan fingerprint density at radius 3 is 2.26 bits per heavy atom. The molecule has 96 valence electrons. The van der Waals surface area contributed by atoms with Gasteiger partial charge in [0.05, 0.1) is 4.90 Å². The summed E-state index contributed by atoms with van der Waals surface area (Å²) in [6, 6.07) is 8.46. The van der Waals surface area contributed by atoms with E-state index < -0.39 is 10.1 Å². The van der Waals surface area contributed by atoms with E-state index in [2.05, 4.69) is 13.8 Å². The summed E-state index contributed by atoms with van der Waals surface area (Å²) in [6.45, 7) is 4.17. The van der Waals surface area contributed by atoms with Gasteiger partial charge in [0, 0.05) is 0 Å². The Kier molecular flexibility index (Phi) is 6.19. The number of rotatable bonds is 3. The third kappa shape index (κ3) is 3.67. The van der Waals surface area contributed by atoms with E-state index in [9.17, 15) is 13.0 Å². The molecule has 2 rings (SSSR count). The van der Waals surface area contributed by atoms with E-state index in [4.69, 9.17) is 0 Å². The first-order chi connectivity index (χ1) is 8.47. The molecule has 0 bridgehead atoms. The Bertz CT molecular complexity index is 693. The minimum absolute atomic E-state index is 0. The summed E-state index contributed by atoms with van der Waals surface area (Å²) in [5, 5.41) is 1.84. The normalized spacial score (nSPS) is 11.3. The molecule has 0 heterocycles. The van der Waals surface area contributed by atoms with Crippen LogP contribution in [-0.2, 0) is 23.0 Å². The van der Waals surface area contributed by atoms with Gasteiger partial charge >= 0.3 is 51.4 Å². The second-order valence-corrected chi connectivity index (χ2v) is 5.63. The van der Waals surface area contributed by atoms with Crippen LogP contribution >= 0.6 is 0 Å². The monoisotopic (exact) mass is 302 g/mol.